The minimum absolute atomic E-state index is 0.431. The molecule has 1 saturated heterocycles. The number of rotatable bonds is 6. The highest BCUT2D eigenvalue weighted by Crippen LogP contribution is 2.20. The van der Waals surface area contributed by atoms with E-state index in [1.54, 1.807) is 0 Å². The minimum Gasteiger partial charge on any atom is -0.298 e. The molecule has 1 atom stereocenters. The summed E-state index contributed by atoms with van der Waals surface area (Å²) in [4.78, 5) is 14.0. The summed E-state index contributed by atoms with van der Waals surface area (Å²) in [6.07, 6.45) is 8.18. The summed E-state index contributed by atoms with van der Waals surface area (Å²) >= 11 is 0. The van der Waals surface area contributed by atoms with Gasteiger partial charge in [-0.05, 0) is 32.2 Å². The van der Waals surface area contributed by atoms with Crippen LogP contribution in [0.4, 0.5) is 0 Å². The summed E-state index contributed by atoms with van der Waals surface area (Å²) in [5.41, 5.74) is 0. The number of Topliss-reactive ketones (excluding diaryl/α,β-unsaturated/α-hetero) is 1. The highest BCUT2D eigenvalue weighted by atomic mass is 16.1. The second-order valence-corrected chi connectivity index (χ2v) is 4.70. The Morgan fingerprint density at radius 1 is 1.27 bits per heavy atom. The SMILES string of the molecule is CCCC(=O)CN1CCCCC1CCC. The normalized spacial score (nSPS) is 22.9. The van der Waals surface area contributed by atoms with E-state index in [9.17, 15) is 4.79 Å². The van der Waals surface area contributed by atoms with E-state index in [2.05, 4.69) is 18.7 Å². The van der Waals surface area contributed by atoms with Gasteiger partial charge in [-0.1, -0.05) is 26.7 Å². The van der Waals surface area contributed by atoms with Crippen LogP contribution in [0, 0.1) is 0 Å². The standard InChI is InChI=1S/C13H25NO/c1-3-7-12-9-5-6-10-14(12)11-13(15)8-4-2/h12H,3-11H2,1-2H3. The fourth-order valence-electron chi connectivity index (χ4n) is 2.51. The first-order chi connectivity index (χ1) is 7.27. The highest BCUT2D eigenvalue weighted by Gasteiger charge is 2.22. The van der Waals surface area contributed by atoms with Gasteiger partial charge in [0.05, 0.1) is 6.54 Å². The third kappa shape index (κ3) is 4.33. The van der Waals surface area contributed by atoms with Crippen molar-refractivity contribution in [3.8, 4) is 0 Å². The van der Waals surface area contributed by atoms with E-state index >= 15 is 0 Å². The first-order valence-electron chi connectivity index (χ1n) is 6.53. The molecule has 0 aromatic heterocycles. The Morgan fingerprint density at radius 2 is 2.07 bits per heavy atom. The molecule has 1 heterocycles. The average Bonchev–Trinajstić information content (AvgIpc) is 2.21. The molecule has 0 N–H and O–H groups in total. The van der Waals surface area contributed by atoms with E-state index in [4.69, 9.17) is 0 Å². The lowest BCUT2D eigenvalue weighted by Crippen LogP contribution is -2.42. The van der Waals surface area contributed by atoms with Gasteiger partial charge >= 0.3 is 0 Å². The van der Waals surface area contributed by atoms with Crippen LogP contribution in [0.3, 0.4) is 0 Å². The van der Waals surface area contributed by atoms with Crippen molar-refractivity contribution in [3.05, 3.63) is 0 Å². The molecule has 0 aliphatic carbocycles. The number of ketones is 1. The van der Waals surface area contributed by atoms with Gasteiger partial charge in [0.25, 0.3) is 0 Å². The molecule has 0 saturated carbocycles. The van der Waals surface area contributed by atoms with Crippen LogP contribution >= 0.6 is 0 Å². The van der Waals surface area contributed by atoms with E-state index in [-0.39, 0.29) is 0 Å². The second-order valence-electron chi connectivity index (χ2n) is 4.70. The largest absolute Gasteiger partial charge is 0.298 e. The summed E-state index contributed by atoms with van der Waals surface area (Å²) in [5.74, 6) is 0.431. The Labute approximate surface area is 94.0 Å². The second kappa shape index (κ2) is 7.00. The first kappa shape index (κ1) is 12.7. The number of piperidine rings is 1. The maximum Gasteiger partial charge on any atom is 0.146 e. The van der Waals surface area contributed by atoms with Gasteiger partial charge in [-0.2, -0.15) is 0 Å². The van der Waals surface area contributed by atoms with Crippen LogP contribution in [0.2, 0.25) is 0 Å². The van der Waals surface area contributed by atoms with Crippen molar-refractivity contribution in [1.29, 1.82) is 0 Å². The fraction of sp³-hybridized carbons (Fsp3) is 0.923. The quantitative estimate of drug-likeness (QED) is 0.673. The fourth-order valence-corrected chi connectivity index (χ4v) is 2.51. The summed E-state index contributed by atoms with van der Waals surface area (Å²) in [6.45, 7) is 6.16. The van der Waals surface area contributed by atoms with Crippen LogP contribution < -0.4 is 0 Å². The van der Waals surface area contributed by atoms with Crippen molar-refractivity contribution in [2.24, 2.45) is 0 Å². The van der Waals surface area contributed by atoms with E-state index < -0.39 is 0 Å². The third-order valence-electron chi connectivity index (χ3n) is 3.28. The molecule has 0 bridgehead atoms. The summed E-state index contributed by atoms with van der Waals surface area (Å²) in [6, 6.07) is 0.685. The van der Waals surface area contributed by atoms with Crippen LogP contribution in [0.15, 0.2) is 0 Å². The van der Waals surface area contributed by atoms with Gasteiger partial charge in [-0.15, -0.1) is 0 Å². The van der Waals surface area contributed by atoms with Gasteiger partial charge in [0, 0.05) is 12.5 Å². The van der Waals surface area contributed by atoms with Crippen LogP contribution in [0.1, 0.15) is 58.8 Å². The molecule has 0 spiro atoms. The molecule has 0 aromatic rings. The smallest absolute Gasteiger partial charge is 0.146 e. The van der Waals surface area contributed by atoms with Crippen LogP contribution in [0.25, 0.3) is 0 Å². The zero-order valence-electron chi connectivity index (χ0n) is 10.3. The van der Waals surface area contributed by atoms with Crippen molar-refractivity contribution in [2.45, 2.75) is 64.8 Å². The Hall–Kier alpha value is -0.370. The molecule has 1 aliphatic rings. The Kier molecular flexibility index (Phi) is 5.92. The monoisotopic (exact) mass is 211 g/mol. The number of hydrogen-bond acceptors (Lipinski definition) is 2. The molecule has 15 heavy (non-hydrogen) atoms. The topological polar surface area (TPSA) is 20.3 Å². The predicted molar refractivity (Wildman–Crippen MR) is 64.0 cm³/mol. The maximum absolute atomic E-state index is 11.6. The maximum atomic E-state index is 11.6. The van der Waals surface area contributed by atoms with E-state index in [1.165, 1.54) is 32.1 Å². The van der Waals surface area contributed by atoms with Crippen molar-refractivity contribution < 1.29 is 4.79 Å². The zero-order valence-corrected chi connectivity index (χ0v) is 10.3. The molecular formula is C13H25NO. The van der Waals surface area contributed by atoms with Crippen molar-refractivity contribution in [1.82, 2.24) is 4.90 Å². The van der Waals surface area contributed by atoms with Gasteiger partial charge in [-0.25, -0.2) is 0 Å². The van der Waals surface area contributed by atoms with Gasteiger partial charge < -0.3 is 0 Å². The lowest BCUT2D eigenvalue weighted by atomic mass is 9.97. The Morgan fingerprint density at radius 3 is 2.73 bits per heavy atom. The van der Waals surface area contributed by atoms with Crippen LogP contribution in [-0.4, -0.2) is 29.8 Å². The van der Waals surface area contributed by atoms with Crippen molar-refractivity contribution >= 4 is 5.78 Å². The van der Waals surface area contributed by atoms with Gasteiger partial charge in [0.1, 0.15) is 5.78 Å². The highest BCUT2D eigenvalue weighted by molar-refractivity contribution is 5.80. The van der Waals surface area contributed by atoms with Gasteiger partial charge in [-0.3, -0.25) is 9.69 Å². The molecule has 1 rings (SSSR count). The molecule has 0 amide bonds. The number of carbonyl (C=O) groups is 1. The lowest BCUT2D eigenvalue weighted by Gasteiger charge is -2.35. The first-order valence-corrected chi connectivity index (χ1v) is 6.53. The summed E-state index contributed by atoms with van der Waals surface area (Å²) < 4.78 is 0. The third-order valence-corrected chi connectivity index (χ3v) is 3.28. The van der Waals surface area contributed by atoms with E-state index in [0.29, 0.717) is 18.4 Å². The molecule has 2 heteroatoms. The Bertz CT molecular complexity index is 189. The number of likely N-dealkylation sites (tertiary alicyclic amines) is 1. The molecule has 1 aliphatic heterocycles. The van der Waals surface area contributed by atoms with E-state index in [0.717, 1.165) is 19.4 Å². The minimum atomic E-state index is 0.431. The molecular weight excluding hydrogens is 186 g/mol. The van der Waals surface area contributed by atoms with Crippen LogP contribution in [0.5, 0.6) is 0 Å². The zero-order chi connectivity index (χ0) is 11.1. The molecule has 1 fully saturated rings. The molecule has 88 valence electrons. The van der Waals surface area contributed by atoms with E-state index in [1.807, 2.05) is 0 Å². The lowest BCUT2D eigenvalue weighted by molar-refractivity contribution is -0.121. The number of nitrogens with zero attached hydrogens (tertiary/aromatic N) is 1. The average molecular weight is 211 g/mol. The van der Waals surface area contributed by atoms with Gasteiger partial charge in [0.15, 0.2) is 0 Å². The Balaban J connectivity index is 2.38. The number of carbonyl (C=O) groups excluding carboxylic acids is 1. The van der Waals surface area contributed by atoms with Crippen molar-refractivity contribution in [3.63, 3.8) is 0 Å². The molecule has 0 aromatic carbocycles. The molecule has 0 radical (unpaired) electrons. The van der Waals surface area contributed by atoms with Crippen molar-refractivity contribution in [2.75, 3.05) is 13.1 Å². The summed E-state index contributed by atoms with van der Waals surface area (Å²) in [5, 5.41) is 0. The predicted octanol–water partition coefficient (Wildman–Crippen LogP) is 3.01. The van der Waals surface area contributed by atoms with Crippen LogP contribution in [-0.2, 0) is 4.79 Å². The molecule has 1 unspecified atom stereocenters. The summed E-state index contributed by atoms with van der Waals surface area (Å²) in [7, 11) is 0. The molecule has 2 nitrogen and oxygen atoms in total. The number of hydrogen-bond donors (Lipinski definition) is 0. The van der Waals surface area contributed by atoms with Gasteiger partial charge in [0.2, 0.25) is 0 Å².